The molecule has 1 rings (SSSR count). The third kappa shape index (κ3) is 4.73. The molecule has 0 aliphatic heterocycles. The molecule has 0 bridgehead atoms. The molecule has 1 aromatic rings. The molecule has 94 valence electrons. The van der Waals surface area contributed by atoms with E-state index in [2.05, 4.69) is 0 Å². The van der Waals surface area contributed by atoms with Gasteiger partial charge in [-0.25, -0.2) is 0 Å². The first kappa shape index (κ1) is 14.0. The van der Waals surface area contributed by atoms with E-state index in [1.807, 2.05) is 63.8 Å². The van der Waals surface area contributed by atoms with E-state index < -0.39 is 13.7 Å². The Labute approximate surface area is 105 Å². The third-order valence-electron chi connectivity index (χ3n) is 2.44. The minimum Gasteiger partial charge on any atom is -0.519 e. The van der Waals surface area contributed by atoms with E-state index in [-0.39, 0.29) is 5.97 Å². The van der Waals surface area contributed by atoms with Gasteiger partial charge in [0.1, 0.15) is 0 Å². The summed E-state index contributed by atoms with van der Waals surface area (Å²) >= 11 is 0. The molecule has 0 aromatic heterocycles. The van der Waals surface area contributed by atoms with E-state index in [1.54, 1.807) is 0 Å². The monoisotopic (exact) mass is 250 g/mol. The lowest BCUT2D eigenvalue weighted by atomic mass is 9.86. The van der Waals surface area contributed by atoms with Crippen molar-refractivity contribution in [2.24, 2.45) is 5.41 Å². The Bertz CT molecular complexity index is 377. The van der Waals surface area contributed by atoms with E-state index in [0.717, 1.165) is 6.42 Å². The van der Waals surface area contributed by atoms with Gasteiger partial charge in [0.15, 0.2) is 0 Å². The molecule has 0 spiro atoms. The zero-order chi connectivity index (χ0) is 13.1. The SMILES string of the molecule is CC(C)(Cc1ccccc1)C(=O)O[Si](C)(C)C. The zero-order valence-electron chi connectivity index (χ0n) is 11.4. The molecule has 0 N–H and O–H groups in total. The van der Waals surface area contributed by atoms with Crippen LogP contribution in [0.2, 0.25) is 19.6 Å². The molecular weight excluding hydrogens is 228 g/mol. The fourth-order valence-electron chi connectivity index (χ4n) is 1.59. The van der Waals surface area contributed by atoms with Gasteiger partial charge < -0.3 is 4.43 Å². The molecule has 0 radical (unpaired) electrons. The van der Waals surface area contributed by atoms with Gasteiger partial charge in [-0.05, 0) is 45.5 Å². The quantitative estimate of drug-likeness (QED) is 0.763. The van der Waals surface area contributed by atoms with Gasteiger partial charge in [0, 0.05) is 0 Å². The van der Waals surface area contributed by atoms with Crippen LogP contribution in [0.25, 0.3) is 0 Å². The number of hydrogen-bond donors (Lipinski definition) is 0. The summed E-state index contributed by atoms with van der Waals surface area (Å²) in [5, 5.41) is 0. The Kier molecular flexibility index (Phi) is 4.15. The van der Waals surface area contributed by atoms with Crippen LogP contribution in [0.3, 0.4) is 0 Å². The van der Waals surface area contributed by atoms with Crippen molar-refractivity contribution in [2.75, 3.05) is 0 Å². The molecule has 17 heavy (non-hydrogen) atoms. The Hall–Kier alpha value is -1.09. The molecule has 0 heterocycles. The summed E-state index contributed by atoms with van der Waals surface area (Å²) in [6, 6.07) is 10.1. The van der Waals surface area contributed by atoms with Crippen LogP contribution in [-0.4, -0.2) is 14.3 Å². The Morgan fingerprint density at radius 2 is 1.71 bits per heavy atom. The average molecular weight is 250 g/mol. The van der Waals surface area contributed by atoms with Crippen molar-refractivity contribution in [3.05, 3.63) is 35.9 Å². The standard InChI is InChI=1S/C14H22O2Si/c1-14(2,13(15)16-17(3,4)5)11-12-9-7-6-8-10-12/h6-10H,11H2,1-5H3. The maximum atomic E-state index is 12.1. The zero-order valence-corrected chi connectivity index (χ0v) is 12.4. The minimum atomic E-state index is -1.80. The molecule has 2 nitrogen and oxygen atoms in total. The first-order chi connectivity index (χ1) is 7.71. The molecule has 0 atom stereocenters. The van der Waals surface area contributed by atoms with E-state index >= 15 is 0 Å². The third-order valence-corrected chi connectivity index (χ3v) is 3.24. The van der Waals surface area contributed by atoms with Crippen molar-refractivity contribution in [1.82, 2.24) is 0 Å². The van der Waals surface area contributed by atoms with Crippen LogP contribution in [0.4, 0.5) is 0 Å². The molecule has 0 unspecified atom stereocenters. The van der Waals surface area contributed by atoms with Crippen molar-refractivity contribution in [2.45, 2.75) is 39.9 Å². The van der Waals surface area contributed by atoms with Gasteiger partial charge in [-0.2, -0.15) is 0 Å². The van der Waals surface area contributed by atoms with E-state index in [0.29, 0.717) is 0 Å². The highest BCUT2D eigenvalue weighted by molar-refractivity contribution is 6.71. The largest absolute Gasteiger partial charge is 0.519 e. The van der Waals surface area contributed by atoms with Crippen LogP contribution in [0, 0.1) is 5.41 Å². The predicted molar refractivity (Wildman–Crippen MR) is 73.4 cm³/mol. The summed E-state index contributed by atoms with van der Waals surface area (Å²) < 4.78 is 5.57. The Morgan fingerprint density at radius 1 is 1.18 bits per heavy atom. The predicted octanol–water partition coefficient (Wildman–Crippen LogP) is 3.63. The Morgan fingerprint density at radius 3 is 2.18 bits per heavy atom. The molecule has 0 saturated heterocycles. The molecule has 0 aliphatic rings. The second-order valence-electron chi connectivity index (χ2n) is 6.05. The summed E-state index contributed by atoms with van der Waals surface area (Å²) in [5.41, 5.74) is 0.715. The molecule has 1 aromatic carbocycles. The molecule has 0 amide bonds. The average Bonchev–Trinajstić information content (AvgIpc) is 2.15. The fraction of sp³-hybridized carbons (Fsp3) is 0.500. The lowest BCUT2D eigenvalue weighted by Crippen LogP contribution is -2.37. The number of rotatable bonds is 4. The number of hydrogen-bond acceptors (Lipinski definition) is 2. The summed E-state index contributed by atoms with van der Waals surface area (Å²) in [7, 11) is -1.80. The van der Waals surface area contributed by atoms with Crippen LogP contribution in [0.15, 0.2) is 30.3 Å². The van der Waals surface area contributed by atoms with Crippen LogP contribution >= 0.6 is 0 Å². The fourth-order valence-corrected chi connectivity index (χ4v) is 2.43. The normalized spacial score (nSPS) is 12.3. The number of carbonyl (C=O) groups is 1. The highest BCUT2D eigenvalue weighted by Crippen LogP contribution is 2.25. The molecular formula is C14H22O2Si. The van der Waals surface area contributed by atoms with E-state index in [4.69, 9.17) is 4.43 Å². The highest BCUT2D eigenvalue weighted by Gasteiger charge is 2.33. The maximum Gasteiger partial charge on any atom is 0.298 e. The smallest absolute Gasteiger partial charge is 0.298 e. The molecule has 0 aliphatic carbocycles. The van der Waals surface area contributed by atoms with Crippen LogP contribution in [-0.2, 0) is 15.6 Å². The second-order valence-corrected chi connectivity index (χ2v) is 10.5. The number of benzene rings is 1. The van der Waals surface area contributed by atoms with Crippen molar-refractivity contribution in [1.29, 1.82) is 0 Å². The lowest BCUT2D eigenvalue weighted by Gasteiger charge is -2.27. The van der Waals surface area contributed by atoms with Gasteiger partial charge >= 0.3 is 0 Å². The van der Waals surface area contributed by atoms with Crippen molar-refractivity contribution >= 4 is 14.3 Å². The first-order valence-corrected chi connectivity index (χ1v) is 9.39. The molecule has 3 heteroatoms. The maximum absolute atomic E-state index is 12.1. The molecule has 0 fully saturated rings. The van der Waals surface area contributed by atoms with Gasteiger partial charge in [0.05, 0.1) is 5.41 Å². The topological polar surface area (TPSA) is 26.3 Å². The Balaban J connectivity index is 2.72. The van der Waals surface area contributed by atoms with E-state index in [9.17, 15) is 4.79 Å². The summed E-state index contributed by atoms with van der Waals surface area (Å²) in [6.45, 7) is 9.99. The highest BCUT2D eigenvalue weighted by atomic mass is 28.4. The van der Waals surface area contributed by atoms with Crippen LogP contribution in [0.1, 0.15) is 19.4 Å². The van der Waals surface area contributed by atoms with Crippen LogP contribution in [0.5, 0.6) is 0 Å². The molecule has 0 saturated carbocycles. The lowest BCUT2D eigenvalue weighted by molar-refractivity contribution is -0.144. The minimum absolute atomic E-state index is 0.0829. The number of carbonyl (C=O) groups excluding carboxylic acids is 1. The van der Waals surface area contributed by atoms with Gasteiger partial charge in [-0.15, -0.1) is 0 Å². The van der Waals surface area contributed by atoms with Gasteiger partial charge in [0.25, 0.3) is 5.97 Å². The summed E-state index contributed by atoms with van der Waals surface area (Å²) in [5.74, 6) is -0.0829. The van der Waals surface area contributed by atoms with Gasteiger partial charge in [-0.3, -0.25) is 4.79 Å². The van der Waals surface area contributed by atoms with Crippen LogP contribution < -0.4 is 0 Å². The second kappa shape index (κ2) is 5.04. The van der Waals surface area contributed by atoms with Crippen molar-refractivity contribution in [3.63, 3.8) is 0 Å². The van der Waals surface area contributed by atoms with Gasteiger partial charge in [0.2, 0.25) is 8.32 Å². The van der Waals surface area contributed by atoms with Crippen molar-refractivity contribution in [3.8, 4) is 0 Å². The first-order valence-electron chi connectivity index (χ1n) is 5.98. The van der Waals surface area contributed by atoms with Gasteiger partial charge in [-0.1, -0.05) is 30.3 Å². The van der Waals surface area contributed by atoms with Crippen molar-refractivity contribution < 1.29 is 9.22 Å². The summed E-state index contributed by atoms with van der Waals surface area (Å²) in [6.07, 6.45) is 0.719. The van der Waals surface area contributed by atoms with E-state index in [1.165, 1.54) is 5.56 Å². The summed E-state index contributed by atoms with van der Waals surface area (Å²) in [4.78, 5) is 12.1.